The van der Waals surface area contributed by atoms with Gasteiger partial charge in [0.05, 0.1) is 6.61 Å². The molecule has 3 nitrogen and oxygen atoms in total. The second kappa shape index (κ2) is 7.67. The first-order chi connectivity index (χ1) is 14.0. The minimum atomic E-state index is 0.225. The molecule has 0 spiro atoms. The maximum Gasteiger partial charge on any atom is 0.141 e. The van der Waals surface area contributed by atoms with Crippen LogP contribution in [0, 0.1) is 13.8 Å². The lowest BCUT2D eigenvalue weighted by atomic mass is 9.88. The molecule has 0 aromatic heterocycles. The van der Waals surface area contributed by atoms with E-state index >= 15 is 0 Å². The van der Waals surface area contributed by atoms with E-state index in [2.05, 4.69) is 25.6 Å². The molecule has 3 heteroatoms. The van der Waals surface area contributed by atoms with Gasteiger partial charge in [-0.15, -0.1) is 0 Å². The molecule has 1 aliphatic heterocycles. The number of benzene rings is 3. The largest absolute Gasteiger partial charge is 0.508 e. The summed E-state index contributed by atoms with van der Waals surface area (Å²) < 4.78 is 12.4. The van der Waals surface area contributed by atoms with Crippen molar-refractivity contribution < 1.29 is 14.6 Å². The number of phenolic OH excluding ortho intramolecular Hbond substituents is 1. The standard InChI is InChI=1S/C26H26O3/c1-5-6-15-28-23-14-12-21-24(19-10-8-7-9-16(19)2)20-11-13-22(27)17(3)25(20)29-26(21)18(23)4/h7-14,27H,2,5-6,15H2,1,3-4H3. The molecule has 148 valence electrons. The predicted molar refractivity (Wildman–Crippen MR) is 117 cm³/mol. The molecule has 4 rings (SSSR count). The summed E-state index contributed by atoms with van der Waals surface area (Å²) in [5.41, 5.74) is 4.73. The molecule has 0 radical (unpaired) electrons. The lowest BCUT2D eigenvalue weighted by Crippen LogP contribution is -2.27. The first kappa shape index (κ1) is 19.1. The molecule has 1 N–H and O–H groups in total. The van der Waals surface area contributed by atoms with Gasteiger partial charge >= 0.3 is 0 Å². The third-order valence-corrected chi connectivity index (χ3v) is 5.52. The Kier molecular flexibility index (Phi) is 5.06. The summed E-state index contributed by atoms with van der Waals surface area (Å²) in [5.74, 6) is 2.52. The molecule has 0 unspecified atom stereocenters. The number of hydrogen-bond acceptors (Lipinski definition) is 3. The monoisotopic (exact) mass is 386 g/mol. The van der Waals surface area contributed by atoms with Crippen LogP contribution in [0.5, 0.6) is 23.0 Å². The zero-order chi connectivity index (χ0) is 20.5. The van der Waals surface area contributed by atoms with Crippen molar-refractivity contribution in [2.24, 2.45) is 0 Å². The highest BCUT2D eigenvalue weighted by Crippen LogP contribution is 2.48. The Morgan fingerprint density at radius 3 is 2.34 bits per heavy atom. The van der Waals surface area contributed by atoms with E-state index in [1.165, 1.54) is 0 Å². The number of unbranched alkanes of at least 4 members (excludes halogenated alkanes) is 1. The molecular weight excluding hydrogens is 360 g/mol. The maximum atomic E-state index is 10.3. The summed E-state index contributed by atoms with van der Waals surface area (Å²) in [5, 5.41) is 12.3. The van der Waals surface area contributed by atoms with E-state index < -0.39 is 0 Å². The number of aromatic hydroxyl groups is 1. The van der Waals surface area contributed by atoms with Gasteiger partial charge in [-0.25, -0.2) is 0 Å². The molecule has 29 heavy (non-hydrogen) atoms. The molecule has 0 atom stereocenters. The predicted octanol–water partition coefficient (Wildman–Crippen LogP) is 4.95. The highest BCUT2D eigenvalue weighted by molar-refractivity contribution is 5.90. The van der Waals surface area contributed by atoms with Gasteiger partial charge in [-0.05, 0) is 55.0 Å². The Labute approximate surface area is 171 Å². The minimum absolute atomic E-state index is 0.225. The van der Waals surface area contributed by atoms with Crippen LogP contribution in [0.3, 0.4) is 0 Å². The van der Waals surface area contributed by atoms with E-state index in [-0.39, 0.29) is 5.75 Å². The highest BCUT2D eigenvalue weighted by atomic mass is 16.5. The van der Waals surface area contributed by atoms with Crippen LogP contribution in [-0.4, -0.2) is 11.7 Å². The molecule has 0 saturated heterocycles. The van der Waals surface area contributed by atoms with Crippen LogP contribution in [0.4, 0.5) is 0 Å². The number of fused-ring (bicyclic) bond motifs is 2. The zero-order valence-corrected chi connectivity index (χ0v) is 17.2. The van der Waals surface area contributed by atoms with Crippen molar-refractivity contribution in [2.75, 3.05) is 6.61 Å². The van der Waals surface area contributed by atoms with Crippen LogP contribution in [0.15, 0.2) is 48.5 Å². The Balaban J connectivity index is 2.01. The number of ether oxygens (including phenoxy) is 2. The van der Waals surface area contributed by atoms with Crippen LogP contribution in [0.1, 0.15) is 42.0 Å². The summed E-state index contributed by atoms with van der Waals surface area (Å²) in [6.07, 6.45) is 2.10. The van der Waals surface area contributed by atoms with Crippen molar-refractivity contribution in [3.8, 4) is 23.0 Å². The molecule has 3 aromatic rings. The summed E-state index contributed by atoms with van der Waals surface area (Å²) in [6.45, 7) is 11.0. The van der Waals surface area contributed by atoms with Gasteiger partial charge in [0.25, 0.3) is 0 Å². The number of hydrogen-bond donors (Lipinski definition) is 1. The number of rotatable bonds is 4. The maximum absolute atomic E-state index is 10.3. The van der Waals surface area contributed by atoms with Crippen molar-refractivity contribution in [1.29, 1.82) is 0 Å². The van der Waals surface area contributed by atoms with Crippen LogP contribution >= 0.6 is 0 Å². The third-order valence-electron chi connectivity index (χ3n) is 5.52. The second-order valence-electron chi connectivity index (χ2n) is 7.49. The topological polar surface area (TPSA) is 38.7 Å². The minimum Gasteiger partial charge on any atom is -0.508 e. The smallest absolute Gasteiger partial charge is 0.141 e. The molecular formula is C26H26O3. The molecule has 1 heterocycles. The Morgan fingerprint density at radius 1 is 0.931 bits per heavy atom. The SMILES string of the molecule is C=c1ccccc1=C1c2ccc(O)c(C)c2Oc2c1ccc(OCCCC)c2C. The Morgan fingerprint density at radius 2 is 1.62 bits per heavy atom. The quantitative estimate of drug-likeness (QED) is 0.504. The van der Waals surface area contributed by atoms with Crippen LogP contribution in [0.2, 0.25) is 0 Å². The zero-order valence-electron chi connectivity index (χ0n) is 17.2. The normalized spacial score (nSPS) is 14.0. The van der Waals surface area contributed by atoms with Crippen molar-refractivity contribution in [3.63, 3.8) is 0 Å². The summed E-state index contributed by atoms with van der Waals surface area (Å²) in [6, 6.07) is 15.8. The fourth-order valence-corrected chi connectivity index (χ4v) is 3.80. The summed E-state index contributed by atoms with van der Waals surface area (Å²) in [7, 11) is 0. The van der Waals surface area contributed by atoms with Crippen LogP contribution in [0.25, 0.3) is 12.2 Å². The first-order valence-corrected chi connectivity index (χ1v) is 10.1. The van der Waals surface area contributed by atoms with Gasteiger partial charge < -0.3 is 14.6 Å². The highest BCUT2D eigenvalue weighted by Gasteiger charge is 2.27. The molecule has 1 aliphatic rings. The fourth-order valence-electron chi connectivity index (χ4n) is 3.80. The molecule has 0 saturated carbocycles. The van der Waals surface area contributed by atoms with E-state index in [4.69, 9.17) is 9.47 Å². The number of phenols is 1. The molecule has 0 fully saturated rings. The fraction of sp³-hybridized carbons (Fsp3) is 0.231. The van der Waals surface area contributed by atoms with E-state index in [0.717, 1.165) is 62.6 Å². The third kappa shape index (κ3) is 3.27. The Hall–Kier alpha value is -3.20. The van der Waals surface area contributed by atoms with Gasteiger partial charge in [-0.3, -0.25) is 0 Å². The molecule has 0 bridgehead atoms. The molecule has 3 aromatic carbocycles. The van der Waals surface area contributed by atoms with Crippen molar-refractivity contribution in [1.82, 2.24) is 0 Å². The van der Waals surface area contributed by atoms with E-state index in [1.807, 2.05) is 44.2 Å². The Bertz CT molecular complexity index is 1190. The summed E-state index contributed by atoms with van der Waals surface area (Å²) in [4.78, 5) is 0. The van der Waals surface area contributed by atoms with Crippen LogP contribution < -0.4 is 19.9 Å². The van der Waals surface area contributed by atoms with Gasteiger partial charge in [0.1, 0.15) is 23.0 Å². The molecule has 0 aliphatic carbocycles. The van der Waals surface area contributed by atoms with Gasteiger partial charge in [-0.1, -0.05) is 44.2 Å². The summed E-state index contributed by atoms with van der Waals surface area (Å²) >= 11 is 0. The van der Waals surface area contributed by atoms with Crippen molar-refractivity contribution in [3.05, 3.63) is 81.2 Å². The van der Waals surface area contributed by atoms with E-state index in [9.17, 15) is 5.11 Å². The second-order valence-corrected chi connectivity index (χ2v) is 7.49. The molecule has 0 amide bonds. The van der Waals surface area contributed by atoms with Crippen LogP contribution in [-0.2, 0) is 0 Å². The lowest BCUT2D eigenvalue weighted by molar-refractivity contribution is 0.305. The average molecular weight is 386 g/mol. The van der Waals surface area contributed by atoms with Gasteiger partial charge in [0, 0.05) is 27.8 Å². The lowest BCUT2D eigenvalue weighted by Gasteiger charge is -2.27. The van der Waals surface area contributed by atoms with Gasteiger partial charge in [0.15, 0.2) is 0 Å². The van der Waals surface area contributed by atoms with Gasteiger partial charge in [0.2, 0.25) is 0 Å². The first-order valence-electron chi connectivity index (χ1n) is 10.1. The van der Waals surface area contributed by atoms with E-state index in [1.54, 1.807) is 6.07 Å². The van der Waals surface area contributed by atoms with Gasteiger partial charge in [-0.2, -0.15) is 0 Å². The average Bonchev–Trinajstić information content (AvgIpc) is 2.72. The van der Waals surface area contributed by atoms with E-state index in [0.29, 0.717) is 12.4 Å². The van der Waals surface area contributed by atoms with Crippen molar-refractivity contribution >= 4 is 12.2 Å². The van der Waals surface area contributed by atoms with Crippen molar-refractivity contribution in [2.45, 2.75) is 33.6 Å².